The van der Waals surface area contributed by atoms with Crippen LogP contribution in [0.1, 0.15) is 29.8 Å². The predicted octanol–water partition coefficient (Wildman–Crippen LogP) is 2.60. The Bertz CT molecular complexity index is 340. The molecule has 0 heterocycles. The van der Waals surface area contributed by atoms with E-state index in [0.29, 0.717) is 5.56 Å². The molecule has 2 nitrogen and oxygen atoms in total. The molecule has 76 valence electrons. The van der Waals surface area contributed by atoms with E-state index >= 15 is 0 Å². The minimum Gasteiger partial charge on any atom is -0.371 e. The van der Waals surface area contributed by atoms with Gasteiger partial charge in [-0.1, -0.05) is 23.8 Å². The summed E-state index contributed by atoms with van der Waals surface area (Å²) in [5.41, 5.74) is 1.05. The van der Waals surface area contributed by atoms with Gasteiger partial charge in [-0.2, -0.15) is 0 Å². The maximum absolute atomic E-state index is 11.9. The van der Waals surface area contributed by atoms with Crippen LogP contribution in [-0.2, 0) is 4.74 Å². The third-order valence-corrected chi connectivity index (χ3v) is 2.34. The lowest BCUT2D eigenvalue weighted by molar-refractivity contribution is 0.0228. The van der Waals surface area contributed by atoms with Crippen LogP contribution in [0.4, 0.5) is 0 Å². The Morgan fingerprint density at radius 2 is 2.00 bits per heavy atom. The van der Waals surface area contributed by atoms with Gasteiger partial charge in [-0.25, -0.2) is 0 Å². The number of carbonyl (C=O) groups is 1. The highest BCUT2D eigenvalue weighted by Crippen LogP contribution is 2.16. The molecule has 0 fully saturated rings. The summed E-state index contributed by atoms with van der Waals surface area (Å²) < 4.78 is 5.14. The van der Waals surface area contributed by atoms with Crippen molar-refractivity contribution in [1.29, 1.82) is 0 Å². The molecule has 0 saturated heterocycles. The number of methoxy groups -OCH3 is 1. The molecule has 1 aromatic rings. The number of ether oxygens (including phenoxy) is 1. The molecule has 1 rings (SSSR count). The zero-order valence-electron chi connectivity index (χ0n) is 9.13. The molecule has 0 aliphatic heterocycles. The summed E-state index contributed by atoms with van der Waals surface area (Å²) in [6.07, 6.45) is 0. The lowest BCUT2D eigenvalue weighted by Gasteiger charge is -2.21. The highest BCUT2D eigenvalue weighted by atomic mass is 16.5. The fourth-order valence-electron chi connectivity index (χ4n) is 1.23. The lowest BCUT2D eigenvalue weighted by Crippen LogP contribution is -2.33. The normalized spacial score (nSPS) is 11.4. The van der Waals surface area contributed by atoms with Crippen LogP contribution >= 0.6 is 0 Å². The van der Waals surface area contributed by atoms with E-state index in [1.807, 2.05) is 31.2 Å². The van der Waals surface area contributed by atoms with Gasteiger partial charge in [0.05, 0.1) is 0 Å². The monoisotopic (exact) mass is 192 g/mol. The van der Waals surface area contributed by atoms with Gasteiger partial charge in [-0.15, -0.1) is 0 Å². The third kappa shape index (κ3) is 2.20. The smallest absolute Gasteiger partial charge is 0.194 e. The molecule has 14 heavy (non-hydrogen) atoms. The fraction of sp³-hybridized carbons (Fsp3) is 0.417. The first-order valence-corrected chi connectivity index (χ1v) is 4.64. The molecule has 0 saturated carbocycles. The Morgan fingerprint density at radius 3 is 2.50 bits per heavy atom. The number of rotatable bonds is 3. The van der Waals surface area contributed by atoms with Crippen molar-refractivity contribution in [1.82, 2.24) is 0 Å². The van der Waals surface area contributed by atoms with Crippen LogP contribution in [0, 0.1) is 6.92 Å². The van der Waals surface area contributed by atoms with Crippen LogP contribution in [0.15, 0.2) is 24.3 Å². The molecule has 0 aliphatic rings. The second-order valence-corrected chi connectivity index (χ2v) is 3.91. The molecule has 2 heteroatoms. The molecule has 0 atom stereocenters. The molecule has 0 aliphatic carbocycles. The van der Waals surface area contributed by atoms with E-state index in [1.165, 1.54) is 0 Å². The standard InChI is InChI=1S/C12H16O2/c1-9-6-5-7-10(8-9)11(13)12(2,3)14-4/h5-8H,1-4H3. The van der Waals surface area contributed by atoms with Gasteiger partial charge in [0.2, 0.25) is 0 Å². The lowest BCUT2D eigenvalue weighted by atomic mass is 9.95. The zero-order chi connectivity index (χ0) is 10.8. The van der Waals surface area contributed by atoms with Crippen molar-refractivity contribution in [3.63, 3.8) is 0 Å². The number of ketones is 1. The number of aryl methyl sites for hydroxylation is 1. The van der Waals surface area contributed by atoms with E-state index in [0.717, 1.165) is 5.56 Å². The van der Waals surface area contributed by atoms with Crippen LogP contribution in [0.2, 0.25) is 0 Å². The minimum atomic E-state index is -0.742. The molecule has 0 spiro atoms. The molecule has 0 radical (unpaired) electrons. The van der Waals surface area contributed by atoms with Crippen molar-refractivity contribution < 1.29 is 9.53 Å². The first-order valence-electron chi connectivity index (χ1n) is 4.64. The van der Waals surface area contributed by atoms with Crippen molar-refractivity contribution in [2.75, 3.05) is 7.11 Å². The zero-order valence-corrected chi connectivity index (χ0v) is 9.13. The van der Waals surface area contributed by atoms with Crippen molar-refractivity contribution in [2.24, 2.45) is 0 Å². The Morgan fingerprint density at radius 1 is 1.36 bits per heavy atom. The Balaban J connectivity index is 3.01. The van der Waals surface area contributed by atoms with Gasteiger partial charge in [0, 0.05) is 12.7 Å². The van der Waals surface area contributed by atoms with Crippen LogP contribution in [0.5, 0.6) is 0 Å². The van der Waals surface area contributed by atoms with E-state index in [-0.39, 0.29) is 5.78 Å². The Kier molecular flexibility index (Phi) is 3.06. The molecule has 0 N–H and O–H groups in total. The highest BCUT2D eigenvalue weighted by molar-refractivity contribution is 6.02. The van der Waals surface area contributed by atoms with Gasteiger partial charge < -0.3 is 4.74 Å². The van der Waals surface area contributed by atoms with Crippen molar-refractivity contribution in [3.8, 4) is 0 Å². The molecule has 0 bridgehead atoms. The van der Waals surface area contributed by atoms with Crippen LogP contribution in [0.25, 0.3) is 0 Å². The largest absolute Gasteiger partial charge is 0.371 e. The van der Waals surface area contributed by atoms with E-state index in [2.05, 4.69) is 0 Å². The summed E-state index contributed by atoms with van der Waals surface area (Å²) in [7, 11) is 1.55. The Hall–Kier alpha value is -1.15. The predicted molar refractivity (Wildman–Crippen MR) is 56.6 cm³/mol. The van der Waals surface area contributed by atoms with Gasteiger partial charge in [0.1, 0.15) is 5.60 Å². The average Bonchev–Trinajstić information content (AvgIpc) is 2.16. The summed E-state index contributed by atoms with van der Waals surface area (Å²) in [4.78, 5) is 11.9. The molecular weight excluding hydrogens is 176 g/mol. The maximum atomic E-state index is 11.9. The van der Waals surface area contributed by atoms with Gasteiger partial charge >= 0.3 is 0 Å². The number of hydrogen-bond acceptors (Lipinski definition) is 2. The van der Waals surface area contributed by atoms with Crippen LogP contribution in [0.3, 0.4) is 0 Å². The summed E-state index contributed by atoms with van der Waals surface area (Å²) in [6.45, 7) is 5.52. The highest BCUT2D eigenvalue weighted by Gasteiger charge is 2.27. The molecular formula is C12H16O2. The number of Topliss-reactive ketones (excluding diaryl/α,β-unsaturated/α-hetero) is 1. The Labute approximate surface area is 84.9 Å². The summed E-state index contributed by atoms with van der Waals surface area (Å²) >= 11 is 0. The van der Waals surface area contributed by atoms with Gasteiger partial charge in [-0.05, 0) is 26.8 Å². The van der Waals surface area contributed by atoms with E-state index in [1.54, 1.807) is 21.0 Å². The molecule has 0 unspecified atom stereocenters. The van der Waals surface area contributed by atoms with Gasteiger partial charge in [0.15, 0.2) is 5.78 Å². The summed E-state index contributed by atoms with van der Waals surface area (Å²) in [5.74, 6) is 0.0173. The fourth-order valence-corrected chi connectivity index (χ4v) is 1.23. The minimum absolute atomic E-state index is 0.0173. The van der Waals surface area contributed by atoms with Crippen LogP contribution < -0.4 is 0 Å². The number of benzene rings is 1. The topological polar surface area (TPSA) is 26.3 Å². The van der Waals surface area contributed by atoms with E-state index in [9.17, 15) is 4.79 Å². The second kappa shape index (κ2) is 3.93. The first-order chi connectivity index (χ1) is 6.47. The average molecular weight is 192 g/mol. The van der Waals surface area contributed by atoms with Gasteiger partial charge in [0.25, 0.3) is 0 Å². The van der Waals surface area contributed by atoms with E-state index < -0.39 is 5.60 Å². The summed E-state index contributed by atoms with van der Waals surface area (Å²) in [5, 5.41) is 0. The van der Waals surface area contributed by atoms with Gasteiger partial charge in [-0.3, -0.25) is 4.79 Å². The number of hydrogen-bond donors (Lipinski definition) is 0. The third-order valence-electron chi connectivity index (χ3n) is 2.34. The molecule has 0 amide bonds. The van der Waals surface area contributed by atoms with Crippen molar-refractivity contribution >= 4 is 5.78 Å². The maximum Gasteiger partial charge on any atom is 0.194 e. The van der Waals surface area contributed by atoms with E-state index in [4.69, 9.17) is 4.74 Å². The quantitative estimate of drug-likeness (QED) is 0.688. The first kappa shape index (κ1) is 10.9. The number of carbonyl (C=O) groups excluding carboxylic acids is 1. The molecule has 0 aromatic heterocycles. The SMILES string of the molecule is COC(C)(C)C(=O)c1cccc(C)c1. The van der Waals surface area contributed by atoms with Crippen molar-refractivity contribution in [2.45, 2.75) is 26.4 Å². The molecule has 1 aromatic carbocycles. The van der Waals surface area contributed by atoms with Crippen molar-refractivity contribution in [3.05, 3.63) is 35.4 Å². The van der Waals surface area contributed by atoms with Crippen LogP contribution in [-0.4, -0.2) is 18.5 Å². The summed E-state index contributed by atoms with van der Waals surface area (Å²) in [6, 6.07) is 7.55. The second-order valence-electron chi connectivity index (χ2n) is 3.91.